The number of hydrogen-bond acceptors (Lipinski definition) is 2. The highest BCUT2D eigenvalue weighted by atomic mass is 35.5. The maximum atomic E-state index is 13.5. The summed E-state index contributed by atoms with van der Waals surface area (Å²) in [6, 6.07) is 11.0. The van der Waals surface area contributed by atoms with Crippen LogP contribution in [0.4, 0.5) is 19.0 Å². The minimum absolute atomic E-state index is 0.0957. The van der Waals surface area contributed by atoms with Crippen LogP contribution in [0.15, 0.2) is 42.5 Å². The summed E-state index contributed by atoms with van der Waals surface area (Å²) in [7, 11) is 0. The monoisotopic (exact) mass is 377 g/mol. The van der Waals surface area contributed by atoms with E-state index >= 15 is 0 Å². The smallest absolute Gasteiger partial charge is 0.369 e. The number of aromatic nitrogens is 2. The Labute approximate surface area is 153 Å². The predicted octanol–water partition coefficient (Wildman–Crippen LogP) is 5.49. The van der Waals surface area contributed by atoms with Crippen LogP contribution in [-0.2, 0) is 12.6 Å². The molecule has 7 heteroatoms. The maximum absolute atomic E-state index is 13.5. The highest BCUT2D eigenvalue weighted by Crippen LogP contribution is 2.41. The molecule has 0 saturated carbocycles. The van der Waals surface area contributed by atoms with Crippen LogP contribution in [0.3, 0.4) is 0 Å². The van der Waals surface area contributed by atoms with Crippen LogP contribution in [0.2, 0.25) is 5.02 Å². The summed E-state index contributed by atoms with van der Waals surface area (Å²) in [4.78, 5) is 0. The van der Waals surface area contributed by atoms with Crippen molar-refractivity contribution in [1.82, 2.24) is 9.78 Å². The molecular formula is C19H15ClF3N3. The third-order valence-electron chi connectivity index (χ3n) is 4.61. The van der Waals surface area contributed by atoms with Crippen LogP contribution in [-0.4, -0.2) is 16.3 Å². The lowest BCUT2D eigenvalue weighted by Gasteiger charge is -2.12. The molecule has 1 aliphatic rings. The van der Waals surface area contributed by atoms with Gasteiger partial charge in [0.25, 0.3) is 0 Å². The molecular weight excluding hydrogens is 363 g/mol. The highest BCUT2D eigenvalue weighted by Gasteiger charge is 2.36. The molecule has 4 rings (SSSR count). The summed E-state index contributed by atoms with van der Waals surface area (Å²) >= 11 is 6.21. The Kier molecular flexibility index (Phi) is 3.95. The van der Waals surface area contributed by atoms with Crippen molar-refractivity contribution < 1.29 is 13.2 Å². The van der Waals surface area contributed by atoms with Crippen molar-refractivity contribution >= 4 is 17.4 Å². The van der Waals surface area contributed by atoms with Crippen LogP contribution in [0.1, 0.15) is 16.7 Å². The second kappa shape index (κ2) is 6.06. The van der Waals surface area contributed by atoms with Gasteiger partial charge >= 0.3 is 6.18 Å². The third kappa shape index (κ3) is 2.65. The Balaban J connectivity index is 1.96. The van der Waals surface area contributed by atoms with E-state index in [-0.39, 0.29) is 5.56 Å². The lowest BCUT2D eigenvalue weighted by atomic mass is 10.0. The van der Waals surface area contributed by atoms with Crippen molar-refractivity contribution in [2.24, 2.45) is 0 Å². The molecule has 26 heavy (non-hydrogen) atoms. The molecule has 1 aliphatic heterocycles. The van der Waals surface area contributed by atoms with E-state index in [1.165, 1.54) is 12.1 Å². The van der Waals surface area contributed by atoms with Crippen molar-refractivity contribution in [1.29, 1.82) is 0 Å². The van der Waals surface area contributed by atoms with Crippen molar-refractivity contribution in [3.05, 3.63) is 64.2 Å². The van der Waals surface area contributed by atoms with Gasteiger partial charge in [0.05, 0.1) is 16.9 Å². The summed E-state index contributed by atoms with van der Waals surface area (Å²) in [5.74, 6) is 0.724. The van der Waals surface area contributed by atoms with Crippen molar-refractivity contribution in [3.63, 3.8) is 0 Å². The molecule has 0 saturated heterocycles. The number of alkyl halides is 3. The van der Waals surface area contributed by atoms with Gasteiger partial charge in [0.15, 0.2) is 0 Å². The molecule has 0 bridgehead atoms. The van der Waals surface area contributed by atoms with Crippen LogP contribution in [0.25, 0.3) is 16.9 Å². The summed E-state index contributed by atoms with van der Waals surface area (Å²) < 4.78 is 42.1. The second-order valence-electron chi connectivity index (χ2n) is 6.19. The Hall–Kier alpha value is -2.47. The Morgan fingerprint density at radius 3 is 2.65 bits per heavy atom. The fourth-order valence-electron chi connectivity index (χ4n) is 3.33. The van der Waals surface area contributed by atoms with E-state index in [0.29, 0.717) is 23.7 Å². The second-order valence-corrected chi connectivity index (χ2v) is 6.60. The van der Waals surface area contributed by atoms with E-state index in [1.54, 1.807) is 22.9 Å². The summed E-state index contributed by atoms with van der Waals surface area (Å²) in [5, 5.41) is 8.37. The molecule has 0 aliphatic carbocycles. The third-order valence-corrected chi connectivity index (χ3v) is 5.02. The molecule has 0 radical (unpaired) electrons. The normalized spacial score (nSPS) is 13.6. The molecule has 2 aromatic carbocycles. The van der Waals surface area contributed by atoms with E-state index in [1.807, 2.05) is 13.0 Å². The van der Waals surface area contributed by atoms with Crippen molar-refractivity contribution in [2.45, 2.75) is 19.5 Å². The van der Waals surface area contributed by atoms with Crippen molar-refractivity contribution in [3.8, 4) is 16.9 Å². The molecule has 134 valence electrons. The van der Waals surface area contributed by atoms with E-state index in [4.69, 9.17) is 11.6 Å². The molecule has 1 N–H and O–H groups in total. The van der Waals surface area contributed by atoms with E-state index in [0.717, 1.165) is 28.7 Å². The number of halogens is 4. The molecule has 3 aromatic rings. The van der Waals surface area contributed by atoms with Crippen LogP contribution in [0, 0.1) is 6.92 Å². The average Bonchev–Trinajstić information content (AvgIpc) is 3.19. The standard InChI is InChI=1S/C19H15ClF3N3/c1-11-15(20)7-4-8-16(11)26-18-13(9-10-24-18)17(25-26)12-5-2-3-6-14(12)19(21,22)23/h2-8,24H,9-10H2,1H3. The summed E-state index contributed by atoms with van der Waals surface area (Å²) in [6.45, 7) is 2.53. The zero-order chi connectivity index (χ0) is 18.5. The average molecular weight is 378 g/mol. The van der Waals surface area contributed by atoms with Gasteiger partial charge in [-0.25, -0.2) is 4.68 Å². The fourth-order valence-corrected chi connectivity index (χ4v) is 3.50. The first-order chi connectivity index (χ1) is 12.4. The SMILES string of the molecule is Cc1c(Cl)cccc1-n1nc(-c2ccccc2C(F)(F)F)c2c1NCC2. The Morgan fingerprint density at radius 1 is 1.12 bits per heavy atom. The number of nitrogens with one attached hydrogen (secondary N) is 1. The van der Waals surface area contributed by atoms with Gasteiger partial charge in [-0.2, -0.15) is 18.3 Å². The lowest BCUT2D eigenvalue weighted by molar-refractivity contribution is -0.137. The molecule has 1 aromatic heterocycles. The highest BCUT2D eigenvalue weighted by molar-refractivity contribution is 6.31. The largest absolute Gasteiger partial charge is 0.417 e. The van der Waals surface area contributed by atoms with Gasteiger partial charge in [0, 0.05) is 22.7 Å². The molecule has 0 atom stereocenters. The summed E-state index contributed by atoms with van der Waals surface area (Å²) in [5.41, 5.74) is 2.14. The molecule has 0 amide bonds. The zero-order valence-corrected chi connectivity index (χ0v) is 14.6. The molecule has 2 heterocycles. The van der Waals surface area contributed by atoms with Gasteiger partial charge in [0.2, 0.25) is 0 Å². The van der Waals surface area contributed by atoms with Gasteiger partial charge in [-0.1, -0.05) is 35.9 Å². The number of benzene rings is 2. The fraction of sp³-hybridized carbons (Fsp3) is 0.211. The van der Waals surface area contributed by atoms with Gasteiger partial charge in [-0.3, -0.25) is 0 Å². The minimum atomic E-state index is -4.44. The van der Waals surface area contributed by atoms with Crippen LogP contribution in [0.5, 0.6) is 0 Å². The number of nitrogens with zero attached hydrogens (tertiary/aromatic N) is 2. The molecule has 0 spiro atoms. The summed E-state index contributed by atoms with van der Waals surface area (Å²) in [6.07, 6.45) is -3.82. The topological polar surface area (TPSA) is 29.9 Å². The quantitative estimate of drug-likeness (QED) is 0.640. The van der Waals surface area contributed by atoms with Crippen LogP contribution < -0.4 is 5.32 Å². The first-order valence-electron chi connectivity index (χ1n) is 8.16. The van der Waals surface area contributed by atoms with Gasteiger partial charge in [-0.05, 0) is 37.1 Å². The number of anilines is 1. The first-order valence-corrected chi connectivity index (χ1v) is 8.53. The van der Waals surface area contributed by atoms with Crippen LogP contribution >= 0.6 is 11.6 Å². The lowest BCUT2D eigenvalue weighted by Crippen LogP contribution is -2.09. The van der Waals surface area contributed by atoms with E-state index in [9.17, 15) is 13.2 Å². The number of rotatable bonds is 2. The number of hydrogen-bond donors (Lipinski definition) is 1. The minimum Gasteiger partial charge on any atom is -0.369 e. The van der Waals surface area contributed by atoms with Crippen molar-refractivity contribution in [2.75, 3.05) is 11.9 Å². The van der Waals surface area contributed by atoms with Gasteiger partial charge in [-0.15, -0.1) is 0 Å². The van der Waals surface area contributed by atoms with Gasteiger partial charge < -0.3 is 5.32 Å². The number of fused-ring (bicyclic) bond motifs is 1. The Bertz CT molecular complexity index is 992. The predicted molar refractivity (Wildman–Crippen MR) is 95.9 cm³/mol. The first kappa shape index (κ1) is 17.0. The molecule has 3 nitrogen and oxygen atoms in total. The van der Waals surface area contributed by atoms with E-state index in [2.05, 4.69) is 10.4 Å². The van der Waals surface area contributed by atoms with E-state index < -0.39 is 11.7 Å². The van der Waals surface area contributed by atoms with Gasteiger partial charge in [0.1, 0.15) is 5.82 Å². The molecule has 0 fully saturated rings. The zero-order valence-electron chi connectivity index (χ0n) is 13.9. The molecule has 0 unspecified atom stereocenters. The Morgan fingerprint density at radius 2 is 1.88 bits per heavy atom. The maximum Gasteiger partial charge on any atom is 0.417 e.